The Morgan fingerprint density at radius 1 is 1.03 bits per heavy atom. The van der Waals surface area contributed by atoms with Crippen LogP contribution in [-0.2, 0) is 12.1 Å². The summed E-state index contributed by atoms with van der Waals surface area (Å²) in [5, 5.41) is 15.0. The van der Waals surface area contributed by atoms with Gasteiger partial charge in [-0.3, -0.25) is 4.79 Å². The van der Waals surface area contributed by atoms with Crippen molar-refractivity contribution in [1.29, 1.82) is 0 Å². The number of halogens is 2. The number of imidazole rings is 1. The minimum atomic E-state index is -2.20. The van der Waals surface area contributed by atoms with E-state index in [2.05, 4.69) is 10.3 Å². The first-order chi connectivity index (χ1) is 16.3. The van der Waals surface area contributed by atoms with Crippen LogP contribution in [0.2, 0.25) is 0 Å². The average Bonchev–Trinajstić information content (AvgIpc) is 3.21. The van der Waals surface area contributed by atoms with Crippen LogP contribution in [0.25, 0.3) is 11.0 Å². The highest BCUT2D eigenvalue weighted by molar-refractivity contribution is 5.97. The van der Waals surface area contributed by atoms with Crippen molar-refractivity contribution in [2.75, 3.05) is 6.54 Å². The molecule has 7 heteroatoms. The number of nitrogens with one attached hydrogen (secondary N) is 1. The number of aliphatic hydroxyl groups is 1. The van der Waals surface area contributed by atoms with Crippen molar-refractivity contribution in [2.45, 2.75) is 32.9 Å². The van der Waals surface area contributed by atoms with Crippen LogP contribution in [0, 0.1) is 17.6 Å². The van der Waals surface area contributed by atoms with Crippen LogP contribution in [0.5, 0.6) is 0 Å². The molecule has 4 rings (SSSR count). The fraction of sp³-hybridized carbons (Fsp3) is 0.259. The summed E-state index contributed by atoms with van der Waals surface area (Å²) in [5.74, 6) is -1.22. The summed E-state index contributed by atoms with van der Waals surface area (Å²) >= 11 is 0. The maximum absolute atomic E-state index is 15.0. The van der Waals surface area contributed by atoms with E-state index in [0.29, 0.717) is 35.6 Å². The third kappa shape index (κ3) is 4.07. The van der Waals surface area contributed by atoms with Crippen LogP contribution in [0.15, 0.2) is 66.7 Å². The molecular formula is C27H27F2N3O2. The zero-order valence-electron chi connectivity index (χ0n) is 19.3. The van der Waals surface area contributed by atoms with Crippen molar-refractivity contribution < 1.29 is 18.7 Å². The van der Waals surface area contributed by atoms with Gasteiger partial charge >= 0.3 is 0 Å². The van der Waals surface area contributed by atoms with Gasteiger partial charge in [0.1, 0.15) is 11.6 Å². The standard InChI is InChI=1S/C27H27F2N3O2/c1-4-32-24-15-18(25(33)30-16-17(2)3)13-14-23(24)31-26(32)27(34,19-9-5-7-11-21(19)28)20-10-6-8-12-22(20)29/h5-15,17,34H,4,16H2,1-3H3,(H,30,33). The van der Waals surface area contributed by atoms with Gasteiger partial charge in [-0.2, -0.15) is 0 Å². The number of nitrogens with zero attached hydrogens (tertiary/aromatic N) is 2. The smallest absolute Gasteiger partial charge is 0.251 e. The molecule has 0 atom stereocenters. The van der Waals surface area contributed by atoms with E-state index in [0.717, 1.165) is 0 Å². The van der Waals surface area contributed by atoms with E-state index in [9.17, 15) is 9.90 Å². The summed E-state index contributed by atoms with van der Waals surface area (Å²) < 4.78 is 31.7. The maximum Gasteiger partial charge on any atom is 0.251 e. The molecule has 176 valence electrons. The first-order valence-corrected chi connectivity index (χ1v) is 11.3. The number of aromatic nitrogens is 2. The van der Waals surface area contributed by atoms with Gasteiger partial charge in [-0.05, 0) is 43.2 Å². The molecule has 0 aliphatic heterocycles. The molecule has 0 radical (unpaired) electrons. The summed E-state index contributed by atoms with van der Waals surface area (Å²) in [4.78, 5) is 17.3. The molecule has 0 aliphatic carbocycles. The predicted molar refractivity (Wildman–Crippen MR) is 127 cm³/mol. The molecule has 1 amide bonds. The number of hydrogen-bond donors (Lipinski definition) is 2. The van der Waals surface area contributed by atoms with E-state index in [-0.39, 0.29) is 22.9 Å². The number of aryl methyl sites for hydroxylation is 1. The van der Waals surface area contributed by atoms with Gasteiger partial charge in [0.15, 0.2) is 11.4 Å². The number of carbonyl (C=O) groups is 1. The van der Waals surface area contributed by atoms with Crippen LogP contribution in [0.4, 0.5) is 8.78 Å². The SMILES string of the molecule is CCn1c(C(O)(c2ccccc2F)c2ccccc2F)nc2ccc(C(=O)NCC(C)C)cc21. The minimum absolute atomic E-state index is 0.0694. The van der Waals surface area contributed by atoms with Gasteiger partial charge in [-0.1, -0.05) is 50.2 Å². The molecule has 3 aromatic carbocycles. The molecule has 2 N–H and O–H groups in total. The molecule has 0 unspecified atom stereocenters. The lowest BCUT2D eigenvalue weighted by Gasteiger charge is -2.30. The van der Waals surface area contributed by atoms with Gasteiger partial charge in [0, 0.05) is 29.8 Å². The Labute approximate surface area is 197 Å². The predicted octanol–water partition coefficient (Wildman–Crippen LogP) is 5.00. The van der Waals surface area contributed by atoms with Crippen molar-refractivity contribution in [1.82, 2.24) is 14.9 Å². The molecule has 34 heavy (non-hydrogen) atoms. The highest BCUT2D eigenvalue weighted by Gasteiger charge is 2.42. The van der Waals surface area contributed by atoms with Gasteiger partial charge in [0.2, 0.25) is 0 Å². The average molecular weight is 464 g/mol. The van der Waals surface area contributed by atoms with Gasteiger partial charge < -0.3 is 15.0 Å². The van der Waals surface area contributed by atoms with Crippen LogP contribution in [-0.4, -0.2) is 27.1 Å². The highest BCUT2D eigenvalue weighted by atomic mass is 19.1. The third-order valence-corrected chi connectivity index (χ3v) is 5.85. The number of carbonyl (C=O) groups excluding carboxylic acids is 1. The number of amides is 1. The van der Waals surface area contributed by atoms with Crippen molar-refractivity contribution >= 4 is 16.9 Å². The Bertz CT molecular complexity index is 1300. The van der Waals surface area contributed by atoms with E-state index in [1.165, 1.54) is 36.4 Å². The molecule has 1 aromatic heterocycles. The summed E-state index contributed by atoms with van der Waals surface area (Å²) in [5.41, 5.74) is -0.898. The lowest BCUT2D eigenvalue weighted by atomic mass is 9.84. The van der Waals surface area contributed by atoms with Gasteiger partial charge in [-0.25, -0.2) is 13.8 Å². The highest BCUT2D eigenvalue weighted by Crippen LogP contribution is 2.40. The molecule has 0 bridgehead atoms. The molecule has 1 heterocycles. The largest absolute Gasteiger partial charge is 0.373 e. The summed E-state index contributed by atoms with van der Waals surface area (Å²) in [6, 6.07) is 16.5. The second kappa shape index (κ2) is 9.35. The van der Waals surface area contributed by atoms with E-state index in [1.807, 2.05) is 20.8 Å². The molecule has 0 fully saturated rings. The van der Waals surface area contributed by atoms with E-state index >= 15 is 8.78 Å². The second-order valence-electron chi connectivity index (χ2n) is 8.66. The maximum atomic E-state index is 15.0. The lowest BCUT2D eigenvalue weighted by molar-refractivity contribution is 0.0949. The minimum Gasteiger partial charge on any atom is -0.373 e. The molecule has 5 nitrogen and oxygen atoms in total. The molecule has 0 spiro atoms. The van der Waals surface area contributed by atoms with Gasteiger partial charge in [0.25, 0.3) is 5.91 Å². The Balaban J connectivity index is 1.95. The number of fused-ring (bicyclic) bond motifs is 1. The Morgan fingerprint density at radius 3 is 2.15 bits per heavy atom. The summed E-state index contributed by atoms with van der Waals surface area (Å²) in [6.07, 6.45) is 0. The van der Waals surface area contributed by atoms with Gasteiger partial charge in [-0.15, -0.1) is 0 Å². The molecule has 0 saturated carbocycles. The van der Waals surface area contributed by atoms with Crippen molar-refractivity contribution in [3.8, 4) is 0 Å². The second-order valence-corrected chi connectivity index (χ2v) is 8.66. The third-order valence-electron chi connectivity index (χ3n) is 5.85. The number of rotatable bonds is 7. The Hall–Kier alpha value is -3.58. The normalized spacial score (nSPS) is 11.9. The molecule has 0 saturated heterocycles. The number of benzene rings is 3. The lowest BCUT2D eigenvalue weighted by Crippen LogP contribution is -2.34. The zero-order chi connectivity index (χ0) is 24.5. The zero-order valence-corrected chi connectivity index (χ0v) is 19.3. The fourth-order valence-corrected chi connectivity index (χ4v) is 4.15. The first kappa shape index (κ1) is 23.6. The van der Waals surface area contributed by atoms with Crippen LogP contribution in [0.1, 0.15) is 48.1 Å². The van der Waals surface area contributed by atoms with Gasteiger partial charge in [0.05, 0.1) is 11.0 Å². The molecule has 4 aromatic rings. The molecule has 0 aliphatic rings. The van der Waals surface area contributed by atoms with Crippen LogP contribution >= 0.6 is 0 Å². The number of hydrogen-bond acceptors (Lipinski definition) is 3. The monoisotopic (exact) mass is 463 g/mol. The summed E-state index contributed by atoms with van der Waals surface area (Å²) in [6.45, 7) is 6.76. The first-order valence-electron chi connectivity index (χ1n) is 11.3. The van der Waals surface area contributed by atoms with Crippen molar-refractivity contribution in [2.24, 2.45) is 5.92 Å². The van der Waals surface area contributed by atoms with E-state index in [1.54, 1.807) is 34.9 Å². The van der Waals surface area contributed by atoms with Crippen molar-refractivity contribution in [3.05, 3.63) is 101 Å². The van der Waals surface area contributed by atoms with E-state index in [4.69, 9.17) is 0 Å². The van der Waals surface area contributed by atoms with E-state index < -0.39 is 17.2 Å². The van der Waals surface area contributed by atoms with Crippen LogP contribution in [0.3, 0.4) is 0 Å². The van der Waals surface area contributed by atoms with Crippen molar-refractivity contribution in [3.63, 3.8) is 0 Å². The van der Waals surface area contributed by atoms with Crippen LogP contribution < -0.4 is 5.32 Å². The Morgan fingerprint density at radius 2 is 1.62 bits per heavy atom. The Kier molecular flexibility index (Phi) is 6.48. The molecular weight excluding hydrogens is 436 g/mol. The topological polar surface area (TPSA) is 67.1 Å². The quantitative estimate of drug-likeness (QED) is 0.405. The summed E-state index contributed by atoms with van der Waals surface area (Å²) in [7, 11) is 0. The fourth-order valence-electron chi connectivity index (χ4n) is 4.15.